The van der Waals surface area contributed by atoms with Crippen LogP contribution in [-0.2, 0) is 64.7 Å². The van der Waals surface area contributed by atoms with Crippen molar-refractivity contribution in [2.45, 2.75) is 64.2 Å². The Balaban J connectivity index is 2.04. The molecule has 1 saturated heterocycles. The summed E-state index contributed by atoms with van der Waals surface area (Å²) in [7, 11) is 0. The van der Waals surface area contributed by atoms with Crippen molar-refractivity contribution in [3.63, 3.8) is 0 Å². The summed E-state index contributed by atoms with van der Waals surface area (Å²) >= 11 is 10.9. The Morgan fingerprint density at radius 3 is 2.06 bits per heavy atom. The maximum Gasteiger partial charge on any atom is 0.264 e. The van der Waals surface area contributed by atoms with Crippen molar-refractivity contribution < 1.29 is 40.2 Å². The number of unbranched alkanes of at least 4 members (excludes halogenated alkanes) is 6. The molecule has 0 aromatic heterocycles. The molecule has 10 nitrogen and oxygen atoms in total. The number of hydrogen-bond acceptors (Lipinski definition) is 11. The fourth-order valence-electron chi connectivity index (χ4n) is 2.91. The number of hydroxylamine groups is 2. The number of imide groups is 1. The summed E-state index contributed by atoms with van der Waals surface area (Å²) in [5.41, 5.74) is 0. The molecule has 1 rings (SSSR count). The molecule has 14 heteroatoms. The SMILES string of the molecule is O=C(CCCCCCCCCOP(=S)(OCC[S-])OCCOCC[O][Tl])ON1C(=O)CCC1=O. The first-order valence-corrected chi connectivity index (χ1v) is 16.5. The summed E-state index contributed by atoms with van der Waals surface area (Å²) < 4.78 is 27.5. The van der Waals surface area contributed by atoms with E-state index in [-0.39, 0.29) is 19.3 Å². The average molecular weight is 732 g/mol. The third kappa shape index (κ3) is 15.4. The molecule has 1 unspecified atom stereocenters. The third-order valence-electron chi connectivity index (χ3n) is 4.63. The van der Waals surface area contributed by atoms with Gasteiger partial charge in [0.2, 0.25) is 0 Å². The number of nitrogens with zero attached hydrogens (tertiary/aromatic N) is 1. The molecule has 1 atom stereocenters. The Hall–Kier alpha value is 0.332. The minimum atomic E-state index is -2.82. The maximum atomic E-state index is 11.7. The van der Waals surface area contributed by atoms with Gasteiger partial charge in [-0.3, -0.25) is 9.59 Å². The fraction of sp³-hybridized carbons (Fsp3) is 0.850. The van der Waals surface area contributed by atoms with E-state index < -0.39 is 24.5 Å². The number of rotatable bonds is 22. The van der Waals surface area contributed by atoms with E-state index in [9.17, 15) is 14.4 Å². The first-order valence-electron chi connectivity index (χ1n) is 11.5. The molecule has 1 fully saturated rings. The van der Waals surface area contributed by atoms with Gasteiger partial charge in [-0.25, -0.2) is 4.79 Å². The molecule has 0 radical (unpaired) electrons. The molecule has 0 N–H and O–H groups in total. The zero-order valence-electron chi connectivity index (χ0n) is 19.5. The molecule has 1 heterocycles. The van der Waals surface area contributed by atoms with Crippen LogP contribution in [0, 0.1) is 0 Å². The maximum absolute atomic E-state index is 11.7. The van der Waals surface area contributed by atoms with Crippen LogP contribution in [0.3, 0.4) is 0 Å². The van der Waals surface area contributed by atoms with Gasteiger partial charge in [0, 0.05) is 19.3 Å². The Kier molecular flexibility index (Phi) is 19.4. The van der Waals surface area contributed by atoms with Crippen LogP contribution in [0.4, 0.5) is 0 Å². The minimum absolute atomic E-state index is 0.104. The van der Waals surface area contributed by atoms with Gasteiger partial charge in [-0.2, -0.15) is 0 Å². The van der Waals surface area contributed by atoms with E-state index >= 15 is 0 Å². The van der Waals surface area contributed by atoms with Crippen molar-refractivity contribution in [2.75, 3.05) is 45.4 Å². The van der Waals surface area contributed by atoms with Crippen molar-refractivity contribution in [1.82, 2.24) is 5.06 Å². The van der Waals surface area contributed by atoms with Gasteiger partial charge < -0.3 is 4.84 Å². The molecular weight excluding hydrogens is 698 g/mol. The second-order valence-electron chi connectivity index (χ2n) is 7.40. The second-order valence-corrected chi connectivity index (χ2v) is 12.1. The minimum Gasteiger partial charge on any atom is -0.330 e. The summed E-state index contributed by atoms with van der Waals surface area (Å²) in [6.07, 6.45) is 6.85. The molecule has 0 spiro atoms. The summed E-state index contributed by atoms with van der Waals surface area (Å²) in [6.45, 7) is -0.205. The van der Waals surface area contributed by atoms with Gasteiger partial charge in [-0.15, -0.1) is 5.06 Å². The Morgan fingerprint density at radius 2 is 1.41 bits per heavy atom. The van der Waals surface area contributed by atoms with Crippen molar-refractivity contribution in [3.8, 4) is 0 Å². The van der Waals surface area contributed by atoms with Gasteiger partial charge >= 0.3 is 143 Å². The van der Waals surface area contributed by atoms with E-state index in [1.807, 2.05) is 0 Å². The van der Waals surface area contributed by atoms with Crippen LogP contribution in [0.1, 0.15) is 64.2 Å². The van der Waals surface area contributed by atoms with E-state index in [4.69, 9.17) is 50.3 Å². The second kappa shape index (κ2) is 20.4. The zero-order chi connectivity index (χ0) is 25.1. The van der Waals surface area contributed by atoms with Gasteiger partial charge in [-0.05, 0) is 6.42 Å². The van der Waals surface area contributed by atoms with E-state index in [0.717, 1.165) is 38.5 Å². The molecule has 0 aromatic rings. The van der Waals surface area contributed by atoms with Crippen molar-refractivity contribution in [2.24, 2.45) is 0 Å². The van der Waals surface area contributed by atoms with Crippen LogP contribution in [-0.4, -0.2) is 94.5 Å². The van der Waals surface area contributed by atoms with Gasteiger partial charge in [0.15, 0.2) is 0 Å². The first-order chi connectivity index (χ1) is 16.4. The van der Waals surface area contributed by atoms with Crippen molar-refractivity contribution >= 4 is 75.2 Å². The van der Waals surface area contributed by atoms with E-state index in [0.29, 0.717) is 83.1 Å². The predicted octanol–water partition coefficient (Wildman–Crippen LogP) is 2.65. The Morgan fingerprint density at radius 1 is 0.853 bits per heavy atom. The van der Waals surface area contributed by atoms with Crippen LogP contribution in [0.15, 0.2) is 0 Å². The Labute approximate surface area is 229 Å². The standard InChI is InChI=1S/C20H35NO9PS2.Tl/c22-11-13-26-14-15-28-31(33,29-16-17-32)27-12-7-5-3-1-2-4-6-8-20(25)30-21-18(23)9-10-19(21)24;/h32H,1-17H2;/q-1;+1/p-1. The number of carbonyl (C=O) groups excluding carboxylic acids is 3. The van der Waals surface area contributed by atoms with Gasteiger partial charge in [0.25, 0.3) is 11.8 Å². The molecule has 0 aliphatic carbocycles. The van der Waals surface area contributed by atoms with Crippen LogP contribution >= 0.6 is 6.72 Å². The Bertz CT molecular complexity index is 644. The number of carbonyl (C=O) groups is 3. The molecule has 2 amide bonds. The molecule has 1 aliphatic heterocycles. The molecule has 0 aromatic carbocycles. The third-order valence-corrected chi connectivity index (χ3v) is 8.16. The fourth-order valence-corrected chi connectivity index (χ4v) is 5.36. The molecule has 0 bridgehead atoms. The van der Waals surface area contributed by atoms with Crippen LogP contribution in [0.5, 0.6) is 0 Å². The monoisotopic (exact) mass is 732 g/mol. The largest absolute Gasteiger partial charge is 0.330 e. The van der Waals surface area contributed by atoms with E-state index in [1.165, 1.54) is 0 Å². The number of ether oxygens (including phenoxy) is 1. The van der Waals surface area contributed by atoms with Gasteiger partial charge in [0.05, 0.1) is 0 Å². The van der Waals surface area contributed by atoms with Crippen LogP contribution in [0.25, 0.3) is 0 Å². The summed E-state index contributed by atoms with van der Waals surface area (Å²) in [4.78, 5) is 39.4. The van der Waals surface area contributed by atoms with Crippen molar-refractivity contribution in [1.29, 1.82) is 0 Å². The van der Waals surface area contributed by atoms with E-state index in [1.54, 1.807) is 0 Å². The first kappa shape index (κ1) is 32.4. The average Bonchev–Trinajstić information content (AvgIpc) is 3.13. The van der Waals surface area contributed by atoms with Crippen LogP contribution in [0.2, 0.25) is 0 Å². The van der Waals surface area contributed by atoms with Gasteiger partial charge in [0.1, 0.15) is 0 Å². The summed E-state index contributed by atoms with van der Waals surface area (Å²) in [5.74, 6) is -1.03. The number of amides is 2. The molecule has 34 heavy (non-hydrogen) atoms. The molecule has 194 valence electrons. The van der Waals surface area contributed by atoms with E-state index in [2.05, 4.69) is 0 Å². The smallest absolute Gasteiger partial charge is 0.264 e. The number of hydrogen-bond donors (Lipinski definition) is 0. The summed E-state index contributed by atoms with van der Waals surface area (Å²) in [5, 5.41) is 0.593. The topological polar surface area (TPSA) is 110 Å². The normalized spacial score (nSPS) is 15.6. The zero-order valence-corrected chi connectivity index (χ0v) is 26.5. The van der Waals surface area contributed by atoms with Crippen molar-refractivity contribution in [3.05, 3.63) is 0 Å². The predicted molar refractivity (Wildman–Crippen MR) is 131 cm³/mol. The summed E-state index contributed by atoms with van der Waals surface area (Å²) in [6, 6.07) is 0. The molecule has 0 saturated carbocycles. The quantitative estimate of drug-likeness (QED) is 0.0540. The molecule has 1 aliphatic rings. The molecular formula is C20H34NO9PS2Tl-. The van der Waals surface area contributed by atoms with Gasteiger partial charge in [-0.1, -0.05) is 25.7 Å². The van der Waals surface area contributed by atoms with Crippen LogP contribution < -0.4 is 0 Å².